The number of oxazole rings is 1. The molecule has 1 aromatic heterocycles. The average molecular weight is 312 g/mol. The molecular formula is C14H11Cl2NO3. The molecule has 0 bridgehead atoms. The summed E-state index contributed by atoms with van der Waals surface area (Å²) in [6, 6.07) is 7.37. The van der Waals surface area contributed by atoms with Gasteiger partial charge in [-0.3, -0.25) is 0 Å². The highest BCUT2D eigenvalue weighted by atomic mass is 35.5. The van der Waals surface area contributed by atoms with Crippen molar-refractivity contribution >= 4 is 46.3 Å². The fourth-order valence-corrected chi connectivity index (χ4v) is 2.28. The Morgan fingerprint density at radius 2 is 2.25 bits per heavy atom. The third-order valence-corrected chi connectivity index (χ3v) is 3.98. The number of alkyl halides is 2. The lowest BCUT2D eigenvalue weighted by atomic mass is 10.3. The van der Waals surface area contributed by atoms with Gasteiger partial charge in [0.2, 0.25) is 5.89 Å². The van der Waals surface area contributed by atoms with Gasteiger partial charge in [-0.05, 0) is 18.6 Å². The molecule has 1 aliphatic rings. The molecule has 0 N–H and O–H groups in total. The molecule has 0 aliphatic heterocycles. The predicted octanol–water partition coefficient (Wildman–Crippen LogP) is 3.58. The van der Waals surface area contributed by atoms with E-state index < -0.39 is 10.3 Å². The number of aromatic nitrogens is 1. The third kappa shape index (κ3) is 2.97. The van der Waals surface area contributed by atoms with E-state index in [9.17, 15) is 4.79 Å². The molecule has 1 heterocycles. The summed E-state index contributed by atoms with van der Waals surface area (Å²) in [5.41, 5.74) is 1.42. The SMILES string of the molecule is O=C(/C=C/c1nc2ccccc2o1)OC[C@@H]1CC1(Cl)Cl. The van der Waals surface area contributed by atoms with Gasteiger partial charge in [-0.15, -0.1) is 23.2 Å². The topological polar surface area (TPSA) is 52.3 Å². The van der Waals surface area contributed by atoms with Crippen molar-refractivity contribution in [3.8, 4) is 0 Å². The van der Waals surface area contributed by atoms with Gasteiger partial charge in [0, 0.05) is 18.1 Å². The van der Waals surface area contributed by atoms with E-state index in [-0.39, 0.29) is 12.5 Å². The van der Waals surface area contributed by atoms with E-state index >= 15 is 0 Å². The Labute approximate surface area is 125 Å². The lowest BCUT2D eigenvalue weighted by Gasteiger charge is -2.00. The van der Waals surface area contributed by atoms with Gasteiger partial charge in [-0.2, -0.15) is 0 Å². The number of para-hydroxylation sites is 2. The van der Waals surface area contributed by atoms with Crippen molar-refractivity contribution in [2.45, 2.75) is 10.8 Å². The first kappa shape index (κ1) is 13.5. The van der Waals surface area contributed by atoms with Crippen molar-refractivity contribution in [3.63, 3.8) is 0 Å². The molecule has 0 saturated heterocycles. The Hall–Kier alpha value is -1.52. The summed E-state index contributed by atoms with van der Waals surface area (Å²) in [4.78, 5) is 15.7. The zero-order chi connectivity index (χ0) is 14.2. The number of hydrogen-bond donors (Lipinski definition) is 0. The molecule has 0 amide bonds. The molecule has 3 rings (SSSR count). The standard InChI is InChI=1S/C14H11Cl2NO3/c15-14(16)7-9(14)8-19-13(18)6-5-12-17-10-3-1-2-4-11(10)20-12/h1-6,9H,7-8H2/b6-5+/t9-/m0/s1. The summed E-state index contributed by atoms with van der Waals surface area (Å²) in [7, 11) is 0. The van der Waals surface area contributed by atoms with E-state index in [1.807, 2.05) is 24.3 Å². The maximum absolute atomic E-state index is 11.5. The van der Waals surface area contributed by atoms with Crippen LogP contribution in [0.3, 0.4) is 0 Å². The summed E-state index contributed by atoms with van der Waals surface area (Å²) < 4.78 is 9.74. The van der Waals surface area contributed by atoms with E-state index in [1.54, 1.807) is 0 Å². The van der Waals surface area contributed by atoms with Crippen LogP contribution in [0.2, 0.25) is 0 Å². The molecule has 6 heteroatoms. The minimum absolute atomic E-state index is 0.0208. The Kier molecular flexibility index (Phi) is 3.44. The minimum Gasteiger partial charge on any atom is -0.462 e. The van der Waals surface area contributed by atoms with Crippen LogP contribution < -0.4 is 0 Å². The highest BCUT2D eigenvalue weighted by molar-refractivity contribution is 6.50. The first-order valence-electron chi connectivity index (χ1n) is 6.13. The molecule has 1 aliphatic carbocycles. The van der Waals surface area contributed by atoms with E-state index in [2.05, 4.69) is 4.98 Å². The van der Waals surface area contributed by atoms with E-state index in [4.69, 9.17) is 32.4 Å². The van der Waals surface area contributed by atoms with E-state index in [1.165, 1.54) is 12.2 Å². The fraction of sp³-hybridized carbons (Fsp3) is 0.286. The van der Waals surface area contributed by atoms with Gasteiger partial charge in [0.05, 0.1) is 6.61 Å². The molecule has 0 unspecified atom stereocenters. The van der Waals surface area contributed by atoms with Crippen LogP contribution >= 0.6 is 23.2 Å². The molecule has 4 nitrogen and oxygen atoms in total. The number of hydrogen-bond acceptors (Lipinski definition) is 4. The second-order valence-corrected chi connectivity index (χ2v) is 6.19. The molecule has 0 radical (unpaired) electrons. The Bertz CT molecular complexity index is 645. The van der Waals surface area contributed by atoms with Crippen LogP contribution in [0.5, 0.6) is 0 Å². The number of carbonyl (C=O) groups excluding carboxylic acids is 1. The number of halogens is 2. The highest BCUT2D eigenvalue weighted by Gasteiger charge is 2.52. The summed E-state index contributed by atoms with van der Waals surface area (Å²) in [5.74, 6) is -0.0885. The van der Waals surface area contributed by atoms with E-state index in [0.717, 1.165) is 5.52 Å². The summed E-state index contributed by atoms with van der Waals surface area (Å²) >= 11 is 11.7. The summed E-state index contributed by atoms with van der Waals surface area (Å²) in [6.07, 6.45) is 3.40. The zero-order valence-electron chi connectivity index (χ0n) is 10.4. The van der Waals surface area contributed by atoms with Gasteiger partial charge < -0.3 is 9.15 Å². The van der Waals surface area contributed by atoms with Gasteiger partial charge >= 0.3 is 5.97 Å². The molecule has 1 saturated carbocycles. The third-order valence-electron chi connectivity index (χ3n) is 3.05. The number of esters is 1. The number of benzene rings is 1. The summed E-state index contributed by atoms with van der Waals surface area (Å²) in [5, 5.41) is 0. The van der Waals surface area contributed by atoms with Crippen molar-refractivity contribution in [1.82, 2.24) is 4.98 Å². The second kappa shape index (κ2) is 5.11. The monoisotopic (exact) mass is 311 g/mol. The van der Waals surface area contributed by atoms with Crippen LogP contribution in [0, 0.1) is 5.92 Å². The van der Waals surface area contributed by atoms with Crippen molar-refractivity contribution in [2.75, 3.05) is 6.61 Å². The molecule has 104 valence electrons. The number of ether oxygens (including phenoxy) is 1. The lowest BCUT2D eigenvalue weighted by molar-refractivity contribution is -0.138. The normalized spacial score (nSPS) is 20.4. The van der Waals surface area contributed by atoms with Crippen LogP contribution in [0.1, 0.15) is 12.3 Å². The van der Waals surface area contributed by atoms with Crippen LogP contribution in [0.4, 0.5) is 0 Å². The number of nitrogens with zero attached hydrogens (tertiary/aromatic N) is 1. The largest absolute Gasteiger partial charge is 0.462 e. The van der Waals surface area contributed by atoms with Crippen LogP contribution in [-0.4, -0.2) is 21.9 Å². The van der Waals surface area contributed by atoms with Crippen molar-refractivity contribution in [2.24, 2.45) is 5.92 Å². The average Bonchev–Trinajstić information content (AvgIpc) is 2.86. The van der Waals surface area contributed by atoms with Gasteiger partial charge in [-0.1, -0.05) is 12.1 Å². The van der Waals surface area contributed by atoms with Crippen molar-refractivity contribution < 1.29 is 13.9 Å². The Balaban J connectivity index is 1.57. The molecular weight excluding hydrogens is 301 g/mol. The molecule has 0 spiro atoms. The van der Waals surface area contributed by atoms with Crippen LogP contribution in [-0.2, 0) is 9.53 Å². The van der Waals surface area contributed by atoms with Gasteiger partial charge in [0.15, 0.2) is 5.58 Å². The first-order chi connectivity index (χ1) is 9.54. The van der Waals surface area contributed by atoms with Crippen LogP contribution in [0.25, 0.3) is 17.2 Å². The molecule has 1 atom stereocenters. The predicted molar refractivity (Wildman–Crippen MR) is 76.5 cm³/mol. The second-order valence-electron chi connectivity index (χ2n) is 4.65. The number of fused-ring (bicyclic) bond motifs is 1. The maximum Gasteiger partial charge on any atom is 0.330 e. The van der Waals surface area contributed by atoms with Gasteiger partial charge in [0.1, 0.15) is 9.85 Å². The number of rotatable bonds is 4. The fourth-order valence-electron chi connectivity index (χ4n) is 1.78. The van der Waals surface area contributed by atoms with Gasteiger partial charge in [0.25, 0.3) is 0 Å². The molecule has 1 aromatic carbocycles. The zero-order valence-corrected chi connectivity index (χ0v) is 11.9. The minimum atomic E-state index is -0.732. The number of carbonyl (C=O) groups is 1. The molecule has 20 heavy (non-hydrogen) atoms. The molecule has 1 fully saturated rings. The first-order valence-corrected chi connectivity index (χ1v) is 6.88. The van der Waals surface area contributed by atoms with Gasteiger partial charge in [-0.25, -0.2) is 9.78 Å². The Morgan fingerprint density at radius 3 is 2.95 bits per heavy atom. The highest BCUT2D eigenvalue weighted by Crippen LogP contribution is 2.53. The maximum atomic E-state index is 11.5. The van der Waals surface area contributed by atoms with Crippen molar-refractivity contribution in [3.05, 3.63) is 36.2 Å². The smallest absolute Gasteiger partial charge is 0.330 e. The van der Waals surface area contributed by atoms with Crippen LogP contribution in [0.15, 0.2) is 34.8 Å². The summed E-state index contributed by atoms with van der Waals surface area (Å²) in [6.45, 7) is 0.226. The Morgan fingerprint density at radius 1 is 1.50 bits per heavy atom. The van der Waals surface area contributed by atoms with E-state index in [0.29, 0.717) is 17.9 Å². The van der Waals surface area contributed by atoms with Crippen molar-refractivity contribution in [1.29, 1.82) is 0 Å². The lowest BCUT2D eigenvalue weighted by Crippen LogP contribution is -2.06. The quantitative estimate of drug-likeness (QED) is 0.492. The molecule has 2 aromatic rings.